The Kier molecular flexibility index (Phi) is 5.84. The van der Waals surface area contributed by atoms with Gasteiger partial charge in [0.05, 0.1) is 18.0 Å². The van der Waals surface area contributed by atoms with Gasteiger partial charge in [-0.1, -0.05) is 36.4 Å². The Morgan fingerprint density at radius 2 is 2.08 bits per heavy atom. The van der Waals surface area contributed by atoms with Gasteiger partial charge in [0.1, 0.15) is 0 Å². The number of fused-ring (bicyclic) bond motifs is 1. The van der Waals surface area contributed by atoms with Gasteiger partial charge < -0.3 is 4.74 Å². The molecule has 0 saturated carbocycles. The fourth-order valence-corrected chi connectivity index (χ4v) is 3.79. The summed E-state index contributed by atoms with van der Waals surface area (Å²) in [6.45, 7) is 2.58. The molecule has 0 saturated heterocycles. The van der Waals surface area contributed by atoms with Gasteiger partial charge >= 0.3 is 0 Å². The molecule has 0 aliphatic heterocycles. The van der Waals surface area contributed by atoms with Crippen molar-refractivity contribution in [1.82, 2.24) is 9.55 Å². The zero-order valence-electron chi connectivity index (χ0n) is 14.5. The van der Waals surface area contributed by atoms with Crippen LogP contribution in [-0.2, 0) is 12.3 Å². The highest BCUT2D eigenvalue weighted by Gasteiger charge is 2.12. The van der Waals surface area contributed by atoms with Gasteiger partial charge in [-0.25, -0.2) is 9.37 Å². The largest absolute Gasteiger partial charge is 0.494 e. The van der Waals surface area contributed by atoms with E-state index in [0.29, 0.717) is 33.4 Å². The van der Waals surface area contributed by atoms with E-state index in [1.807, 2.05) is 6.92 Å². The molecule has 1 heterocycles. The Morgan fingerprint density at radius 3 is 2.77 bits per heavy atom. The third-order valence-electron chi connectivity index (χ3n) is 3.91. The molecule has 26 heavy (non-hydrogen) atoms. The highest BCUT2D eigenvalue weighted by molar-refractivity contribution is 7.98. The van der Waals surface area contributed by atoms with Gasteiger partial charge in [0.2, 0.25) is 0 Å². The molecule has 0 spiro atoms. The van der Waals surface area contributed by atoms with Crippen molar-refractivity contribution in [3.8, 4) is 5.75 Å². The zero-order valence-corrected chi connectivity index (χ0v) is 16.0. The van der Waals surface area contributed by atoms with E-state index in [1.165, 1.54) is 24.9 Å². The summed E-state index contributed by atoms with van der Waals surface area (Å²) < 4.78 is 20.5. The number of ether oxygens (including phenoxy) is 1. The van der Waals surface area contributed by atoms with E-state index < -0.39 is 5.82 Å². The van der Waals surface area contributed by atoms with Gasteiger partial charge in [-0.15, -0.1) is 0 Å². The molecule has 0 atom stereocenters. The van der Waals surface area contributed by atoms with Gasteiger partial charge in [0.15, 0.2) is 16.7 Å². The van der Waals surface area contributed by atoms with Crippen LogP contribution >= 0.6 is 23.4 Å². The molecule has 3 aromatic rings. The van der Waals surface area contributed by atoms with Crippen LogP contribution < -0.4 is 10.3 Å². The lowest BCUT2D eigenvalue weighted by atomic mass is 10.2. The molecule has 0 bridgehead atoms. The maximum atomic E-state index is 13.9. The maximum Gasteiger partial charge on any atom is 0.262 e. The molecule has 1 aromatic heterocycles. The Hall–Kier alpha value is -2.05. The maximum absolute atomic E-state index is 13.9. The second kappa shape index (κ2) is 8.10. The molecule has 0 unspecified atom stereocenters. The summed E-state index contributed by atoms with van der Waals surface area (Å²) in [4.78, 5) is 17.4. The Morgan fingerprint density at radius 1 is 1.27 bits per heavy atom. The lowest BCUT2D eigenvalue weighted by molar-refractivity contribution is 0.386. The number of methoxy groups -OCH3 is 1. The van der Waals surface area contributed by atoms with Crippen molar-refractivity contribution in [2.24, 2.45) is 0 Å². The van der Waals surface area contributed by atoms with E-state index in [1.54, 1.807) is 34.9 Å². The molecule has 0 N–H and O–H groups in total. The van der Waals surface area contributed by atoms with Gasteiger partial charge in [-0.3, -0.25) is 9.36 Å². The average molecular weight is 393 g/mol. The fourth-order valence-electron chi connectivity index (χ4n) is 2.65. The standard InChI is InChI=1S/C19H18ClFN2O2S/c1-3-8-23-18(24)14-6-5-13(20)10-16(14)22-19(23)26-11-12-4-7-17(25-2)15(21)9-12/h4-7,9-10H,3,8,11H2,1-2H3. The van der Waals surface area contributed by atoms with E-state index in [9.17, 15) is 9.18 Å². The van der Waals surface area contributed by atoms with Crippen LogP contribution in [0.1, 0.15) is 18.9 Å². The first-order valence-electron chi connectivity index (χ1n) is 8.18. The number of nitrogens with zero attached hydrogens (tertiary/aromatic N) is 2. The normalized spacial score (nSPS) is 11.1. The van der Waals surface area contributed by atoms with Crippen LogP contribution in [0.2, 0.25) is 5.02 Å². The van der Waals surface area contributed by atoms with Crippen LogP contribution in [0.15, 0.2) is 46.3 Å². The molecule has 0 amide bonds. The van der Waals surface area contributed by atoms with Crippen LogP contribution in [0, 0.1) is 5.82 Å². The summed E-state index contributed by atoms with van der Waals surface area (Å²) in [6, 6.07) is 9.91. The van der Waals surface area contributed by atoms with Crippen molar-refractivity contribution in [1.29, 1.82) is 0 Å². The summed E-state index contributed by atoms with van der Waals surface area (Å²) in [7, 11) is 1.43. The highest BCUT2D eigenvalue weighted by atomic mass is 35.5. The van der Waals surface area contributed by atoms with E-state index >= 15 is 0 Å². The predicted octanol–water partition coefficient (Wildman–Crippen LogP) is 4.90. The van der Waals surface area contributed by atoms with E-state index in [-0.39, 0.29) is 11.3 Å². The van der Waals surface area contributed by atoms with Crippen molar-refractivity contribution in [2.75, 3.05) is 7.11 Å². The first-order chi connectivity index (χ1) is 12.5. The van der Waals surface area contributed by atoms with Gasteiger partial charge in [-0.05, 0) is 42.3 Å². The number of hydrogen-bond donors (Lipinski definition) is 0. The molecule has 136 valence electrons. The SMILES string of the molecule is CCCn1c(SCc2ccc(OC)c(F)c2)nc2cc(Cl)ccc2c1=O. The summed E-state index contributed by atoms with van der Waals surface area (Å²) >= 11 is 7.43. The number of rotatable bonds is 6. The van der Waals surface area contributed by atoms with Crippen molar-refractivity contribution >= 4 is 34.3 Å². The first-order valence-corrected chi connectivity index (χ1v) is 9.55. The molecular weight excluding hydrogens is 375 g/mol. The summed E-state index contributed by atoms with van der Waals surface area (Å²) in [5, 5.41) is 1.68. The van der Waals surface area contributed by atoms with Crippen LogP contribution in [-0.4, -0.2) is 16.7 Å². The number of hydrogen-bond acceptors (Lipinski definition) is 4. The third-order valence-corrected chi connectivity index (χ3v) is 5.20. The highest BCUT2D eigenvalue weighted by Crippen LogP contribution is 2.26. The first kappa shape index (κ1) is 18.7. The fraction of sp³-hybridized carbons (Fsp3) is 0.263. The van der Waals surface area contributed by atoms with E-state index in [4.69, 9.17) is 16.3 Å². The molecule has 2 aromatic carbocycles. The van der Waals surface area contributed by atoms with Crippen molar-refractivity contribution in [2.45, 2.75) is 30.8 Å². The third kappa shape index (κ3) is 3.86. The van der Waals surface area contributed by atoms with Crippen LogP contribution in [0.25, 0.3) is 10.9 Å². The monoisotopic (exact) mass is 392 g/mol. The molecule has 0 aliphatic carbocycles. The molecule has 0 radical (unpaired) electrons. The Labute approximate surface area is 160 Å². The van der Waals surface area contributed by atoms with Crippen LogP contribution in [0.5, 0.6) is 5.75 Å². The molecule has 0 aliphatic rings. The Bertz CT molecular complexity index is 1010. The van der Waals surface area contributed by atoms with Crippen LogP contribution in [0.3, 0.4) is 0 Å². The van der Waals surface area contributed by atoms with Crippen molar-refractivity contribution < 1.29 is 9.13 Å². The lowest BCUT2D eigenvalue weighted by Crippen LogP contribution is -2.23. The quantitative estimate of drug-likeness (QED) is 0.442. The molecular formula is C19H18ClFN2O2S. The minimum atomic E-state index is -0.408. The average Bonchev–Trinajstić information content (AvgIpc) is 2.62. The van der Waals surface area contributed by atoms with Crippen LogP contribution in [0.4, 0.5) is 4.39 Å². The molecule has 7 heteroatoms. The smallest absolute Gasteiger partial charge is 0.262 e. The Balaban J connectivity index is 1.96. The zero-order chi connectivity index (χ0) is 18.7. The second-order valence-corrected chi connectivity index (χ2v) is 7.15. The number of aromatic nitrogens is 2. The summed E-state index contributed by atoms with van der Waals surface area (Å²) in [6.07, 6.45) is 0.811. The van der Waals surface area contributed by atoms with Gasteiger partial charge in [0, 0.05) is 17.3 Å². The molecule has 4 nitrogen and oxygen atoms in total. The van der Waals surface area contributed by atoms with Gasteiger partial charge in [0.25, 0.3) is 5.56 Å². The minimum Gasteiger partial charge on any atom is -0.494 e. The lowest BCUT2D eigenvalue weighted by Gasteiger charge is -2.12. The number of halogens is 2. The molecule has 3 rings (SSSR count). The number of thioether (sulfide) groups is 1. The summed E-state index contributed by atoms with van der Waals surface area (Å²) in [5.41, 5.74) is 1.27. The van der Waals surface area contributed by atoms with Crippen molar-refractivity contribution in [3.05, 3.63) is 63.2 Å². The molecule has 0 fully saturated rings. The minimum absolute atomic E-state index is 0.0862. The second-order valence-electron chi connectivity index (χ2n) is 5.77. The van der Waals surface area contributed by atoms with Gasteiger partial charge in [-0.2, -0.15) is 0 Å². The van der Waals surface area contributed by atoms with E-state index in [2.05, 4.69) is 4.98 Å². The topological polar surface area (TPSA) is 44.1 Å². The van der Waals surface area contributed by atoms with E-state index in [0.717, 1.165) is 12.0 Å². The predicted molar refractivity (Wildman–Crippen MR) is 104 cm³/mol. The van der Waals surface area contributed by atoms with Crippen molar-refractivity contribution in [3.63, 3.8) is 0 Å². The summed E-state index contributed by atoms with van der Waals surface area (Å²) in [5.74, 6) is 0.290. The number of benzene rings is 2.